The van der Waals surface area contributed by atoms with Crippen LogP contribution >= 0.6 is 11.8 Å². The molecule has 0 bridgehead atoms. The second kappa shape index (κ2) is 7.33. The fourth-order valence-corrected chi connectivity index (χ4v) is 5.62. The van der Waals surface area contributed by atoms with Gasteiger partial charge in [-0.3, -0.25) is 0 Å². The zero-order valence-corrected chi connectivity index (χ0v) is 15.7. The van der Waals surface area contributed by atoms with Gasteiger partial charge in [0.1, 0.15) is 5.82 Å². The van der Waals surface area contributed by atoms with Gasteiger partial charge in [-0.05, 0) is 30.0 Å². The van der Waals surface area contributed by atoms with E-state index in [-0.39, 0.29) is 29.0 Å². The van der Waals surface area contributed by atoms with Gasteiger partial charge in [0.2, 0.25) is 0 Å². The molecule has 2 aromatic rings. The molecule has 0 amide bonds. The molecule has 1 fully saturated rings. The Morgan fingerprint density at radius 3 is 2.84 bits per heavy atom. The third kappa shape index (κ3) is 4.33. The standard InChI is InChI=1S/C16H20FN3O3S2/c1-20-15(8-12-5-6-25(21,22)10-12)18-19-16(20)24-9-11-3-4-14(23-2)13(17)7-11/h3-4,7,12H,5-6,8-10H2,1-2H3/t12-/m1/s1. The number of ether oxygens (including phenoxy) is 1. The minimum absolute atomic E-state index is 0.112. The number of hydrogen-bond acceptors (Lipinski definition) is 6. The Morgan fingerprint density at radius 2 is 2.20 bits per heavy atom. The third-order valence-corrected chi connectivity index (χ3v) is 7.24. The number of methoxy groups -OCH3 is 1. The summed E-state index contributed by atoms with van der Waals surface area (Å²) in [4.78, 5) is 0. The van der Waals surface area contributed by atoms with E-state index in [1.165, 1.54) is 24.9 Å². The van der Waals surface area contributed by atoms with Crippen molar-refractivity contribution in [1.29, 1.82) is 0 Å². The van der Waals surface area contributed by atoms with Gasteiger partial charge in [0.15, 0.2) is 26.6 Å². The molecule has 0 spiro atoms. The number of sulfone groups is 1. The summed E-state index contributed by atoms with van der Waals surface area (Å²) in [7, 11) is 0.419. The molecule has 1 aliphatic rings. The topological polar surface area (TPSA) is 74.1 Å². The average Bonchev–Trinajstić information content (AvgIpc) is 3.08. The van der Waals surface area contributed by atoms with Crippen molar-refractivity contribution in [3.63, 3.8) is 0 Å². The van der Waals surface area contributed by atoms with E-state index in [4.69, 9.17) is 4.74 Å². The van der Waals surface area contributed by atoms with Crippen molar-refractivity contribution in [3.05, 3.63) is 35.4 Å². The van der Waals surface area contributed by atoms with E-state index < -0.39 is 9.84 Å². The van der Waals surface area contributed by atoms with Gasteiger partial charge in [-0.15, -0.1) is 10.2 Å². The molecular formula is C16H20FN3O3S2. The van der Waals surface area contributed by atoms with Gasteiger partial charge in [-0.2, -0.15) is 0 Å². The van der Waals surface area contributed by atoms with Crippen LogP contribution in [0.3, 0.4) is 0 Å². The summed E-state index contributed by atoms with van der Waals surface area (Å²) in [5.41, 5.74) is 0.828. The SMILES string of the molecule is COc1ccc(CSc2nnc(C[C@H]3CCS(=O)(=O)C3)n2C)cc1F. The van der Waals surface area contributed by atoms with Crippen LogP contribution in [0.15, 0.2) is 23.4 Å². The van der Waals surface area contributed by atoms with E-state index in [0.29, 0.717) is 18.6 Å². The van der Waals surface area contributed by atoms with Gasteiger partial charge in [-0.1, -0.05) is 17.8 Å². The number of hydrogen-bond donors (Lipinski definition) is 0. The molecule has 1 atom stereocenters. The van der Waals surface area contributed by atoms with Gasteiger partial charge in [0.25, 0.3) is 0 Å². The van der Waals surface area contributed by atoms with Crippen LogP contribution in [0.25, 0.3) is 0 Å². The van der Waals surface area contributed by atoms with E-state index in [1.54, 1.807) is 6.07 Å². The van der Waals surface area contributed by atoms with Gasteiger partial charge in [0.05, 0.1) is 18.6 Å². The molecule has 25 heavy (non-hydrogen) atoms. The maximum atomic E-state index is 13.7. The predicted molar refractivity (Wildman–Crippen MR) is 94.0 cm³/mol. The molecular weight excluding hydrogens is 365 g/mol. The molecule has 136 valence electrons. The number of benzene rings is 1. The van der Waals surface area contributed by atoms with Crippen molar-refractivity contribution in [2.24, 2.45) is 13.0 Å². The lowest BCUT2D eigenvalue weighted by Crippen LogP contribution is -2.11. The lowest BCUT2D eigenvalue weighted by molar-refractivity contribution is 0.386. The first-order valence-corrected chi connectivity index (χ1v) is 10.7. The lowest BCUT2D eigenvalue weighted by Gasteiger charge is -2.08. The highest BCUT2D eigenvalue weighted by Gasteiger charge is 2.29. The van der Waals surface area contributed by atoms with Gasteiger partial charge in [-0.25, -0.2) is 12.8 Å². The van der Waals surface area contributed by atoms with Gasteiger partial charge in [0, 0.05) is 19.2 Å². The third-order valence-electron chi connectivity index (χ3n) is 4.31. The van der Waals surface area contributed by atoms with Crippen molar-refractivity contribution >= 4 is 21.6 Å². The Kier molecular flexibility index (Phi) is 5.33. The summed E-state index contributed by atoms with van der Waals surface area (Å²) in [6, 6.07) is 4.87. The summed E-state index contributed by atoms with van der Waals surface area (Å²) in [5.74, 6) is 1.79. The molecule has 0 N–H and O–H groups in total. The smallest absolute Gasteiger partial charge is 0.191 e. The van der Waals surface area contributed by atoms with E-state index in [1.807, 2.05) is 17.7 Å². The first kappa shape index (κ1) is 18.2. The molecule has 1 aliphatic heterocycles. The monoisotopic (exact) mass is 385 g/mol. The molecule has 0 aliphatic carbocycles. The maximum Gasteiger partial charge on any atom is 0.191 e. The molecule has 0 radical (unpaired) electrons. The molecule has 1 saturated heterocycles. The quantitative estimate of drug-likeness (QED) is 0.710. The van der Waals surface area contributed by atoms with Crippen LogP contribution in [0.1, 0.15) is 17.8 Å². The van der Waals surface area contributed by atoms with Crippen molar-refractivity contribution in [2.75, 3.05) is 18.6 Å². The largest absolute Gasteiger partial charge is 0.494 e. The number of halogens is 1. The molecule has 1 aromatic carbocycles. The lowest BCUT2D eigenvalue weighted by atomic mass is 10.1. The second-order valence-electron chi connectivity index (χ2n) is 6.19. The summed E-state index contributed by atoms with van der Waals surface area (Å²) < 4.78 is 43.7. The molecule has 6 nitrogen and oxygen atoms in total. The molecule has 2 heterocycles. The number of rotatable bonds is 6. The Morgan fingerprint density at radius 1 is 1.40 bits per heavy atom. The van der Waals surface area contributed by atoms with Gasteiger partial charge < -0.3 is 9.30 Å². The minimum Gasteiger partial charge on any atom is -0.494 e. The van der Waals surface area contributed by atoms with Crippen LogP contribution in [-0.4, -0.2) is 41.8 Å². The first-order chi connectivity index (χ1) is 11.9. The van der Waals surface area contributed by atoms with Crippen LogP contribution in [0.2, 0.25) is 0 Å². The fraction of sp³-hybridized carbons (Fsp3) is 0.500. The zero-order chi connectivity index (χ0) is 18.0. The van der Waals surface area contributed by atoms with Crippen LogP contribution < -0.4 is 4.74 Å². The van der Waals surface area contributed by atoms with E-state index >= 15 is 0 Å². The Balaban J connectivity index is 1.62. The second-order valence-corrected chi connectivity index (χ2v) is 9.36. The molecule has 1 aromatic heterocycles. The van der Waals surface area contributed by atoms with Crippen LogP contribution in [0.4, 0.5) is 4.39 Å². The van der Waals surface area contributed by atoms with Gasteiger partial charge >= 0.3 is 0 Å². The van der Waals surface area contributed by atoms with Crippen molar-refractivity contribution in [3.8, 4) is 5.75 Å². The highest BCUT2D eigenvalue weighted by atomic mass is 32.2. The van der Waals surface area contributed by atoms with Crippen LogP contribution in [-0.2, 0) is 29.1 Å². The summed E-state index contributed by atoms with van der Waals surface area (Å²) in [6.07, 6.45) is 1.29. The predicted octanol–water partition coefficient (Wildman–Crippen LogP) is 2.23. The summed E-state index contributed by atoms with van der Waals surface area (Å²) in [5, 5.41) is 9.09. The summed E-state index contributed by atoms with van der Waals surface area (Å²) in [6.45, 7) is 0. The van der Waals surface area contributed by atoms with Crippen LogP contribution in [0.5, 0.6) is 5.75 Å². The first-order valence-electron chi connectivity index (χ1n) is 7.92. The fourth-order valence-electron chi connectivity index (χ4n) is 2.89. The van der Waals surface area contributed by atoms with E-state index in [0.717, 1.165) is 16.5 Å². The molecule has 9 heteroatoms. The maximum absolute atomic E-state index is 13.7. The summed E-state index contributed by atoms with van der Waals surface area (Å²) >= 11 is 1.46. The van der Waals surface area contributed by atoms with Crippen LogP contribution in [0, 0.1) is 11.7 Å². The number of thioether (sulfide) groups is 1. The van der Waals surface area contributed by atoms with E-state index in [9.17, 15) is 12.8 Å². The number of aromatic nitrogens is 3. The van der Waals surface area contributed by atoms with Crippen molar-refractivity contribution in [1.82, 2.24) is 14.8 Å². The minimum atomic E-state index is -2.89. The van der Waals surface area contributed by atoms with Crippen molar-refractivity contribution in [2.45, 2.75) is 23.8 Å². The highest BCUT2D eigenvalue weighted by molar-refractivity contribution is 7.98. The van der Waals surface area contributed by atoms with Crippen molar-refractivity contribution < 1.29 is 17.5 Å². The zero-order valence-electron chi connectivity index (χ0n) is 14.1. The molecule has 0 unspecified atom stereocenters. The Bertz CT molecular complexity index is 868. The normalized spacial score (nSPS) is 19.2. The van der Waals surface area contributed by atoms with E-state index in [2.05, 4.69) is 10.2 Å². The Labute approximate surface area is 150 Å². The average molecular weight is 385 g/mol. The Hall–Kier alpha value is -1.61. The molecule has 0 saturated carbocycles. The number of nitrogens with zero attached hydrogens (tertiary/aromatic N) is 3. The molecule has 3 rings (SSSR count). The highest BCUT2D eigenvalue weighted by Crippen LogP contribution is 2.26.